The summed E-state index contributed by atoms with van der Waals surface area (Å²) in [5.74, 6) is 1.67. The Labute approximate surface area is 124 Å². The fourth-order valence-corrected chi connectivity index (χ4v) is 2.84. The van der Waals surface area contributed by atoms with Gasteiger partial charge in [-0.05, 0) is 81.2 Å². The molecule has 2 unspecified atom stereocenters. The van der Waals surface area contributed by atoms with Crippen LogP contribution in [0.25, 0.3) is 0 Å². The molecule has 20 heavy (non-hydrogen) atoms. The summed E-state index contributed by atoms with van der Waals surface area (Å²) in [5, 5.41) is 0. The van der Waals surface area contributed by atoms with E-state index in [0.29, 0.717) is 5.92 Å². The van der Waals surface area contributed by atoms with E-state index >= 15 is 0 Å². The van der Waals surface area contributed by atoms with Crippen molar-refractivity contribution in [2.24, 2.45) is 11.7 Å². The molecule has 0 saturated heterocycles. The molecule has 2 N–H and O–H groups in total. The van der Waals surface area contributed by atoms with E-state index < -0.39 is 0 Å². The highest BCUT2D eigenvalue weighted by molar-refractivity contribution is 5.48. The molecule has 0 aliphatic carbocycles. The summed E-state index contributed by atoms with van der Waals surface area (Å²) < 4.78 is 5.85. The van der Waals surface area contributed by atoms with Gasteiger partial charge in [-0.25, -0.2) is 0 Å². The predicted octanol–water partition coefficient (Wildman–Crippen LogP) is 4.32. The van der Waals surface area contributed by atoms with Gasteiger partial charge in [0.05, 0.1) is 6.61 Å². The predicted molar refractivity (Wildman–Crippen MR) is 87.6 cm³/mol. The Hall–Kier alpha value is -1.02. The molecule has 0 radical (unpaired) electrons. The van der Waals surface area contributed by atoms with E-state index in [1.54, 1.807) is 0 Å². The van der Waals surface area contributed by atoms with Gasteiger partial charge in [-0.1, -0.05) is 13.8 Å². The average molecular weight is 277 g/mol. The SMILES string of the molecule is CCCOc1cc(C)c(CC(C)CC(C)N)c(C)c1C. The van der Waals surface area contributed by atoms with Gasteiger partial charge < -0.3 is 10.5 Å². The quantitative estimate of drug-likeness (QED) is 0.805. The molecular weight excluding hydrogens is 246 g/mol. The maximum atomic E-state index is 5.91. The molecular formula is C18H31NO. The van der Waals surface area contributed by atoms with Crippen LogP contribution in [0.2, 0.25) is 0 Å². The van der Waals surface area contributed by atoms with E-state index in [0.717, 1.165) is 31.6 Å². The molecule has 0 amide bonds. The van der Waals surface area contributed by atoms with E-state index in [2.05, 4.69) is 47.6 Å². The minimum atomic E-state index is 0.277. The fourth-order valence-electron chi connectivity index (χ4n) is 2.84. The third-order valence-electron chi connectivity index (χ3n) is 4.00. The first-order chi connectivity index (χ1) is 9.36. The summed E-state index contributed by atoms with van der Waals surface area (Å²) in [6, 6.07) is 2.48. The van der Waals surface area contributed by atoms with Crippen LogP contribution in [0.1, 0.15) is 55.9 Å². The third-order valence-corrected chi connectivity index (χ3v) is 4.00. The molecule has 0 fully saturated rings. The molecule has 0 spiro atoms. The Morgan fingerprint density at radius 2 is 1.80 bits per heavy atom. The molecule has 1 aromatic carbocycles. The second-order valence-corrected chi connectivity index (χ2v) is 6.29. The van der Waals surface area contributed by atoms with Crippen molar-refractivity contribution in [1.29, 1.82) is 0 Å². The second-order valence-electron chi connectivity index (χ2n) is 6.29. The molecule has 0 aromatic heterocycles. The van der Waals surface area contributed by atoms with E-state index in [-0.39, 0.29) is 6.04 Å². The van der Waals surface area contributed by atoms with Crippen molar-refractivity contribution in [2.75, 3.05) is 6.61 Å². The topological polar surface area (TPSA) is 35.2 Å². The van der Waals surface area contributed by atoms with Crippen LogP contribution in [0, 0.1) is 26.7 Å². The number of benzene rings is 1. The lowest BCUT2D eigenvalue weighted by atomic mass is 9.88. The van der Waals surface area contributed by atoms with Crippen LogP contribution in [0.4, 0.5) is 0 Å². The van der Waals surface area contributed by atoms with Crippen LogP contribution >= 0.6 is 0 Å². The lowest BCUT2D eigenvalue weighted by Crippen LogP contribution is -2.19. The van der Waals surface area contributed by atoms with Gasteiger partial charge in [-0.2, -0.15) is 0 Å². The van der Waals surface area contributed by atoms with Gasteiger partial charge in [0, 0.05) is 6.04 Å². The van der Waals surface area contributed by atoms with Crippen molar-refractivity contribution in [1.82, 2.24) is 0 Å². The minimum Gasteiger partial charge on any atom is -0.493 e. The zero-order chi connectivity index (χ0) is 15.3. The Morgan fingerprint density at radius 1 is 1.15 bits per heavy atom. The normalized spacial score (nSPS) is 14.2. The Bertz CT molecular complexity index is 438. The Kier molecular flexibility index (Phi) is 6.54. The molecule has 0 heterocycles. The van der Waals surface area contributed by atoms with Crippen LogP contribution in [0.3, 0.4) is 0 Å². The van der Waals surface area contributed by atoms with Crippen molar-refractivity contribution >= 4 is 0 Å². The van der Waals surface area contributed by atoms with Crippen LogP contribution in [-0.4, -0.2) is 12.6 Å². The van der Waals surface area contributed by atoms with Gasteiger partial charge in [-0.3, -0.25) is 0 Å². The van der Waals surface area contributed by atoms with Crippen LogP contribution < -0.4 is 10.5 Å². The van der Waals surface area contributed by atoms with Crippen LogP contribution in [0.15, 0.2) is 6.07 Å². The van der Waals surface area contributed by atoms with E-state index in [1.807, 2.05) is 0 Å². The number of aryl methyl sites for hydroxylation is 1. The minimum absolute atomic E-state index is 0.277. The molecule has 1 aromatic rings. The summed E-state index contributed by atoms with van der Waals surface area (Å²) in [6.45, 7) is 13.9. The summed E-state index contributed by atoms with van der Waals surface area (Å²) in [4.78, 5) is 0. The standard InChI is InChI=1S/C18H31NO/c1-7-8-20-18-11-13(3)17(15(5)16(18)6)10-12(2)9-14(4)19/h11-12,14H,7-10,19H2,1-6H3. The van der Waals surface area contributed by atoms with Crippen molar-refractivity contribution in [3.63, 3.8) is 0 Å². The van der Waals surface area contributed by atoms with Crippen molar-refractivity contribution in [3.8, 4) is 5.75 Å². The molecule has 0 saturated carbocycles. The fraction of sp³-hybridized carbons (Fsp3) is 0.667. The van der Waals surface area contributed by atoms with Gasteiger partial charge in [0.2, 0.25) is 0 Å². The molecule has 0 bridgehead atoms. The monoisotopic (exact) mass is 277 g/mol. The van der Waals surface area contributed by atoms with E-state index in [9.17, 15) is 0 Å². The summed E-state index contributed by atoms with van der Waals surface area (Å²) in [5.41, 5.74) is 11.4. The highest BCUT2D eigenvalue weighted by atomic mass is 16.5. The molecule has 2 heteroatoms. The Morgan fingerprint density at radius 3 is 2.35 bits per heavy atom. The second kappa shape index (κ2) is 7.68. The Balaban J connectivity index is 2.95. The summed E-state index contributed by atoms with van der Waals surface area (Å²) >= 11 is 0. The third kappa shape index (κ3) is 4.52. The molecule has 2 atom stereocenters. The molecule has 114 valence electrons. The number of nitrogens with two attached hydrogens (primary N) is 1. The van der Waals surface area contributed by atoms with Crippen LogP contribution in [0.5, 0.6) is 5.75 Å². The van der Waals surface area contributed by atoms with Crippen molar-refractivity contribution in [2.45, 2.75) is 66.8 Å². The summed E-state index contributed by atoms with van der Waals surface area (Å²) in [6.07, 6.45) is 3.23. The number of ether oxygens (including phenoxy) is 1. The van der Waals surface area contributed by atoms with Crippen molar-refractivity contribution in [3.05, 3.63) is 28.3 Å². The molecule has 1 rings (SSSR count). The maximum absolute atomic E-state index is 5.91. The van der Waals surface area contributed by atoms with Gasteiger partial charge in [-0.15, -0.1) is 0 Å². The first-order valence-corrected chi connectivity index (χ1v) is 7.84. The smallest absolute Gasteiger partial charge is 0.122 e. The van der Waals surface area contributed by atoms with Crippen molar-refractivity contribution < 1.29 is 4.74 Å². The number of rotatable bonds is 7. The van der Waals surface area contributed by atoms with E-state index in [4.69, 9.17) is 10.5 Å². The molecule has 0 aliphatic rings. The first kappa shape index (κ1) is 17.0. The highest BCUT2D eigenvalue weighted by Crippen LogP contribution is 2.30. The van der Waals surface area contributed by atoms with Crippen LogP contribution in [-0.2, 0) is 6.42 Å². The van der Waals surface area contributed by atoms with E-state index in [1.165, 1.54) is 22.3 Å². The zero-order valence-corrected chi connectivity index (χ0v) is 14.0. The van der Waals surface area contributed by atoms with Gasteiger partial charge in [0.25, 0.3) is 0 Å². The molecule has 2 nitrogen and oxygen atoms in total. The maximum Gasteiger partial charge on any atom is 0.122 e. The lowest BCUT2D eigenvalue weighted by Gasteiger charge is -2.20. The largest absolute Gasteiger partial charge is 0.493 e. The highest BCUT2D eigenvalue weighted by Gasteiger charge is 2.14. The zero-order valence-electron chi connectivity index (χ0n) is 14.0. The van der Waals surface area contributed by atoms with Gasteiger partial charge in [0.1, 0.15) is 5.75 Å². The first-order valence-electron chi connectivity index (χ1n) is 7.84. The number of hydrogen-bond acceptors (Lipinski definition) is 2. The lowest BCUT2D eigenvalue weighted by molar-refractivity contribution is 0.314. The summed E-state index contributed by atoms with van der Waals surface area (Å²) in [7, 11) is 0. The van der Waals surface area contributed by atoms with Gasteiger partial charge >= 0.3 is 0 Å². The molecule has 0 aliphatic heterocycles. The number of hydrogen-bond donors (Lipinski definition) is 1. The average Bonchev–Trinajstić information content (AvgIpc) is 2.36. The van der Waals surface area contributed by atoms with Gasteiger partial charge in [0.15, 0.2) is 0 Å².